The molecule has 2 unspecified atom stereocenters. The molecule has 2 atom stereocenters. The molecule has 1 aromatic heterocycles. The van der Waals surface area contributed by atoms with Crippen LogP contribution in [-0.4, -0.2) is 47.8 Å². The van der Waals surface area contributed by atoms with E-state index in [1.54, 1.807) is 6.07 Å². The van der Waals surface area contributed by atoms with E-state index in [1.165, 1.54) is 0 Å². The van der Waals surface area contributed by atoms with Crippen LogP contribution in [0.5, 0.6) is 5.88 Å². The normalized spacial score (nSPS) is 18.3. The number of carbonyl (C=O) groups is 2. The van der Waals surface area contributed by atoms with Crippen molar-refractivity contribution < 1.29 is 14.7 Å². The van der Waals surface area contributed by atoms with Gasteiger partial charge in [-0.1, -0.05) is 54.6 Å². The first-order valence-electron chi connectivity index (χ1n) is 11.4. The highest BCUT2D eigenvalue weighted by molar-refractivity contribution is 6.42. The van der Waals surface area contributed by atoms with Gasteiger partial charge in [0.05, 0.1) is 12.1 Å². The van der Waals surface area contributed by atoms with Gasteiger partial charge < -0.3 is 19.9 Å². The molecule has 2 aliphatic heterocycles. The molecule has 6 rings (SSSR count). The van der Waals surface area contributed by atoms with Crippen LogP contribution in [0.4, 0.5) is 11.4 Å². The minimum atomic E-state index is -0.382. The smallest absolute Gasteiger partial charge is 0.223 e. The molecule has 34 heavy (non-hydrogen) atoms. The number of carbonyl (C=O) groups excluding carboxylic acids is 2. The highest BCUT2D eigenvalue weighted by Gasteiger charge is 2.41. The van der Waals surface area contributed by atoms with Gasteiger partial charge in [-0.05, 0) is 29.3 Å². The van der Waals surface area contributed by atoms with Crippen LogP contribution in [0, 0.1) is 0 Å². The second kappa shape index (κ2) is 8.71. The molecular formula is C28H27N3O3. The van der Waals surface area contributed by atoms with Crippen molar-refractivity contribution in [3.63, 3.8) is 0 Å². The quantitative estimate of drug-likeness (QED) is 0.457. The molecular weight excluding hydrogens is 426 g/mol. The summed E-state index contributed by atoms with van der Waals surface area (Å²) < 4.78 is 0. The Kier molecular flexibility index (Phi) is 5.57. The third kappa shape index (κ3) is 3.81. The number of H-pyrrole nitrogens is 1. The van der Waals surface area contributed by atoms with Gasteiger partial charge in [0, 0.05) is 55.3 Å². The van der Waals surface area contributed by atoms with E-state index in [4.69, 9.17) is 5.11 Å². The van der Waals surface area contributed by atoms with Crippen molar-refractivity contribution in [3.8, 4) is 5.88 Å². The monoisotopic (exact) mass is 453 g/mol. The Bertz CT molecular complexity index is 1270. The fraction of sp³-hybridized carbons (Fsp3) is 0.214. The molecule has 3 aromatic carbocycles. The van der Waals surface area contributed by atoms with Gasteiger partial charge in [-0.15, -0.1) is 0 Å². The molecule has 0 radical (unpaired) electrons. The number of anilines is 2. The van der Waals surface area contributed by atoms with Crippen molar-refractivity contribution in [3.05, 3.63) is 90.0 Å². The van der Waals surface area contributed by atoms with Crippen molar-refractivity contribution in [1.29, 1.82) is 0 Å². The molecule has 0 saturated heterocycles. The van der Waals surface area contributed by atoms with Gasteiger partial charge in [-0.25, -0.2) is 0 Å². The van der Waals surface area contributed by atoms with Crippen LogP contribution in [0.1, 0.15) is 11.1 Å². The Labute approximate surface area is 198 Å². The van der Waals surface area contributed by atoms with E-state index in [-0.39, 0.29) is 29.5 Å². The Hall–Kier alpha value is -4.06. The molecule has 0 amide bonds. The molecule has 0 bridgehead atoms. The van der Waals surface area contributed by atoms with E-state index in [9.17, 15) is 9.59 Å². The number of nitrogens with one attached hydrogen (secondary N) is 1. The van der Waals surface area contributed by atoms with Crippen molar-refractivity contribution in [1.82, 2.24) is 4.98 Å². The molecule has 2 aliphatic rings. The lowest BCUT2D eigenvalue weighted by atomic mass is 9.97. The Morgan fingerprint density at radius 3 is 1.74 bits per heavy atom. The van der Waals surface area contributed by atoms with Crippen LogP contribution in [0.15, 0.2) is 78.9 Å². The maximum atomic E-state index is 12.9. The number of fused-ring (bicyclic) bond motifs is 3. The summed E-state index contributed by atoms with van der Waals surface area (Å²) in [6, 6.07) is 24.6. The number of Topliss-reactive ketones (excluding diaryl/α,β-unsaturated/α-hetero) is 2. The van der Waals surface area contributed by atoms with Crippen LogP contribution in [0.2, 0.25) is 0 Å². The predicted molar refractivity (Wildman–Crippen MR) is 135 cm³/mol. The lowest BCUT2D eigenvalue weighted by Gasteiger charge is -2.25. The van der Waals surface area contributed by atoms with Crippen molar-refractivity contribution >= 4 is 33.8 Å². The average Bonchev–Trinajstić information content (AvgIpc) is 3.51. The van der Waals surface area contributed by atoms with Gasteiger partial charge in [-0.3, -0.25) is 9.59 Å². The van der Waals surface area contributed by atoms with E-state index in [2.05, 4.69) is 4.98 Å². The second-order valence-corrected chi connectivity index (χ2v) is 8.89. The summed E-state index contributed by atoms with van der Waals surface area (Å²) in [5.41, 5.74) is 5.34. The second-order valence-electron chi connectivity index (χ2n) is 8.89. The molecule has 3 heterocycles. The van der Waals surface area contributed by atoms with E-state index in [1.807, 2.05) is 96.7 Å². The number of aromatic amines is 1. The van der Waals surface area contributed by atoms with Gasteiger partial charge in [-0.2, -0.15) is 0 Å². The Morgan fingerprint density at radius 2 is 1.24 bits per heavy atom. The number of ketones is 2. The van der Waals surface area contributed by atoms with Gasteiger partial charge in [0.25, 0.3) is 0 Å². The zero-order chi connectivity index (χ0) is 23.8. The first-order chi connectivity index (χ1) is 16.4. The number of aromatic nitrogens is 1. The lowest BCUT2D eigenvalue weighted by molar-refractivity contribution is -0.137. The number of benzene rings is 3. The molecule has 0 saturated carbocycles. The van der Waals surface area contributed by atoms with Crippen LogP contribution in [0.25, 0.3) is 10.9 Å². The summed E-state index contributed by atoms with van der Waals surface area (Å²) in [4.78, 5) is 32.5. The summed E-state index contributed by atoms with van der Waals surface area (Å²) >= 11 is 0. The van der Waals surface area contributed by atoms with Crippen LogP contribution >= 0.6 is 0 Å². The van der Waals surface area contributed by atoms with E-state index >= 15 is 0 Å². The number of likely N-dealkylation sites (N-methyl/N-ethyl adjacent to an activating group) is 2. The third-order valence-corrected chi connectivity index (χ3v) is 6.87. The minimum Gasteiger partial charge on any atom is -0.495 e. The molecule has 2 N–H and O–H groups in total. The zero-order valence-corrected chi connectivity index (χ0v) is 19.2. The highest BCUT2D eigenvalue weighted by Crippen LogP contribution is 2.34. The molecule has 0 fully saturated rings. The van der Waals surface area contributed by atoms with Crippen LogP contribution in [-0.2, 0) is 22.4 Å². The van der Waals surface area contributed by atoms with E-state index < -0.39 is 0 Å². The largest absolute Gasteiger partial charge is 0.495 e. The Morgan fingerprint density at radius 1 is 0.765 bits per heavy atom. The van der Waals surface area contributed by atoms with Crippen LogP contribution < -0.4 is 9.80 Å². The van der Waals surface area contributed by atoms with Gasteiger partial charge in [0.1, 0.15) is 0 Å². The standard InChI is InChI=1S/C20H20N2O2.C8H7NO/c1-21-15-9-5-3-7-13(15)11-17(21)19(23)20(24)18-12-14-8-4-6-10-16(14)22(18)2;10-8-5-6-3-1-2-4-7(6)9-8/h3-10,17-18H,11-12H2,1-2H3;1-5,9-10H. The number of para-hydroxylation sites is 3. The first kappa shape index (κ1) is 21.8. The summed E-state index contributed by atoms with van der Waals surface area (Å²) in [5, 5.41) is 10.0. The number of hydrogen-bond acceptors (Lipinski definition) is 5. The topological polar surface area (TPSA) is 76.6 Å². The SMILES string of the molecule is CN1c2ccccc2CC1C(=O)C(=O)C1Cc2ccccc2N1C.Oc1cc2ccccc2[nH]1. The maximum Gasteiger partial charge on any atom is 0.223 e. The van der Waals surface area contributed by atoms with Gasteiger partial charge in [0.2, 0.25) is 11.6 Å². The molecule has 172 valence electrons. The van der Waals surface area contributed by atoms with Crippen molar-refractivity contribution in [2.45, 2.75) is 24.9 Å². The number of hydrogen-bond donors (Lipinski definition) is 2. The minimum absolute atomic E-state index is 0.223. The molecule has 0 aliphatic carbocycles. The number of rotatable bonds is 3. The fourth-order valence-electron chi connectivity index (χ4n) is 5.00. The maximum absolute atomic E-state index is 12.9. The Balaban J connectivity index is 0.000000200. The molecule has 6 nitrogen and oxygen atoms in total. The number of aromatic hydroxyl groups is 1. The van der Waals surface area contributed by atoms with Gasteiger partial charge >= 0.3 is 0 Å². The van der Waals surface area contributed by atoms with Crippen molar-refractivity contribution in [2.24, 2.45) is 0 Å². The zero-order valence-electron chi connectivity index (χ0n) is 19.2. The molecule has 6 heteroatoms. The van der Waals surface area contributed by atoms with E-state index in [0.717, 1.165) is 33.4 Å². The summed E-state index contributed by atoms with van der Waals surface area (Å²) in [6.45, 7) is 0. The first-order valence-corrected chi connectivity index (χ1v) is 11.4. The van der Waals surface area contributed by atoms with Crippen molar-refractivity contribution in [2.75, 3.05) is 23.9 Å². The molecule has 0 spiro atoms. The summed E-state index contributed by atoms with van der Waals surface area (Å²) in [7, 11) is 3.80. The lowest BCUT2D eigenvalue weighted by Crippen LogP contribution is -2.47. The van der Waals surface area contributed by atoms with E-state index in [0.29, 0.717) is 12.8 Å². The summed E-state index contributed by atoms with van der Waals surface area (Å²) in [5.74, 6) is -0.335. The number of nitrogens with zero attached hydrogens (tertiary/aromatic N) is 2. The summed E-state index contributed by atoms with van der Waals surface area (Å²) in [6.07, 6.45) is 1.22. The predicted octanol–water partition coefficient (Wildman–Crippen LogP) is 4.12. The molecule has 4 aromatic rings. The van der Waals surface area contributed by atoms with Crippen LogP contribution in [0.3, 0.4) is 0 Å². The highest BCUT2D eigenvalue weighted by atomic mass is 16.3. The average molecular weight is 454 g/mol. The van der Waals surface area contributed by atoms with Gasteiger partial charge in [0.15, 0.2) is 5.88 Å². The third-order valence-electron chi connectivity index (χ3n) is 6.87. The fourth-order valence-corrected chi connectivity index (χ4v) is 5.00.